The molecule has 0 bridgehead atoms. The Morgan fingerprint density at radius 1 is 1.29 bits per heavy atom. The van der Waals surface area contributed by atoms with Gasteiger partial charge in [-0.25, -0.2) is 18.4 Å². The minimum atomic E-state index is -3.78. The first kappa shape index (κ1) is 13.8. The Hall–Kier alpha value is -2.12. The van der Waals surface area contributed by atoms with Crippen LogP contribution in [0.4, 0.5) is 5.69 Å². The van der Waals surface area contributed by atoms with Gasteiger partial charge in [0.1, 0.15) is 15.9 Å². The number of H-pyrrole nitrogens is 1. The summed E-state index contributed by atoms with van der Waals surface area (Å²) in [6.07, 6.45) is 1.43. The van der Waals surface area contributed by atoms with Gasteiger partial charge in [-0.1, -0.05) is 11.6 Å². The van der Waals surface area contributed by atoms with Gasteiger partial charge < -0.3 is 4.98 Å². The highest BCUT2D eigenvalue weighted by Crippen LogP contribution is 2.23. The van der Waals surface area contributed by atoms with Crippen LogP contribution in [0.15, 0.2) is 41.4 Å². The highest BCUT2D eigenvalue weighted by molar-refractivity contribution is 7.92. The predicted octanol–water partition coefficient (Wildman–Crippen LogP) is 2.72. The zero-order valence-electron chi connectivity index (χ0n) is 11.0. The Labute approximate surface area is 126 Å². The molecule has 0 aliphatic carbocycles. The second-order valence-electron chi connectivity index (χ2n) is 4.45. The van der Waals surface area contributed by atoms with Crippen molar-refractivity contribution in [1.82, 2.24) is 15.0 Å². The quantitative estimate of drug-likeness (QED) is 0.726. The molecule has 8 heteroatoms. The van der Waals surface area contributed by atoms with Crippen molar-refractivity contribution in [3.8, 4) is 0 Å². The fraction of sp³-hybridized carbons (Fsp3) is 0.0769. The van der Waals surface area contributed by atoms with Crippen molar-refractivity contribution in [1.29, 1.82) is 0 Å². The zero-order valence-corrected chi connectivity index (χ0v) is 12.5. The van der Waals surface area contributed by atoms with E-state index in [9.17, 15) is 8.42 Å². The lowest BCUT2D eigenvalue weighted by Crippen LogP contribution is -2.13. The minimum absolute atomic E-state index is 0.0624. The van der Waals surface area contributed by atoms with Crippen molar-refractivity contribution in [3.05, 3.63) is 47.5 Å². The Bertz CT molecular complexity index is 921. The molecule has 0 unspecified atom stereocenters. The molecule has 0 radical (unpaired) electrons. The van der Waals surface area contributed by atoms with Crippen LogP contribution in [0.1, 0.15) is 5.82 Å². The van der Waals surface area contributed by atoms with Crippen LogP contribution in [-0.4, -0.2) is 23.4 Å². The summed E-state index contributed by atoms with van der Waals surface area (Å²) in [5.41, 5.74) is 1.95. The number of aromatic nitrogens is 3. The molecule has 0 amide bonds. The van der Waals surface area contributed by atoms with Gasteiger partial charge in [-0.05, 0) is 37.3 Å². The first-order chi connectivity index (χ1) is 9.95. The van der Waals surface area contributed by atoms with E-state index >= 15 is 0 Å². The molecule has 3 rings (SSSR count). The molecule has 0 saturated carbocycles. The average Bonchev–Trinajstić information content (AvgIpc) is 2.78. The van der Waals surface area contributed by atoms with Crippen LogP contribution >= 0.6 is 11.6 Å². The third-order valence-electron chi connectivity index (χ3n) is 2.87. The summed E-state index contributed by atoms with van der Waals surface area (Å²) in [6, 6.07) is 7.97. The molecule has 0 spiro atoms. The number of aryl methyl sites for hydroxylation is 1. The second-order valence-corrected chi connectivity index (χ2v) is 6.46. The number of imidazole rings is 1. The minimum Gasteiger partial charge on any atom is -0.342 e. The lowest BCUT2D eigenvalue weighted by Gasteiger charge is -2.08. The summed E-state index contributed by atoms with van der Waals surface area (Å²) in [7, 11) is -3.78. The lowest BCUT2D eigenvalue weighted by atomic mass is 10.3. The highest BCUT2D eigenvalue weighted by atomic mass is 35.5. The molecule has 21 heavy (non-hydrogen) atoms. The molecule has 108 valence electrons. The van der Waals surface area contributed by atoms with Gasteiger partial charge in [0.25, 0.3) is 10.0 Å². The number of sulfonamides is 1. The van der Waals surface area contributed by atoms with Crippen molar-refractivity contribution in [3.63, 3.8) is 0 Å². The monoisotopic (exact) mass is 322 g/mol. The third kappa shape index (κ3) is 2.70. The van der Waals surface area contributed by atoms with Crippen LogP contribution < -0.4 is 4.72 Å². The molecule has 0 aliphatic rings. The Balaban J connectivity index is 1.99. The van der Waals surface area contributed by atoms with E-state index < -0.39 is 10.0 Å². The zero-order chi connectivity index (χ0) is 15.0. The van der Waals surface area contributed by atoms with Crippen LogP contribution in [-0.2, 0) is 10.0 Å². The summed E-state index contributed by atoms with van der Waals surface area (Å²) < 4.78 is 27.1. The summed E-state index contributed by atoms with van der Waals surface area (Å²) in [5, 5.41) is -0.0662. The van der Waals surface area contributed by atoms with Gasteiger partial charge in [0.2, 0.25) is 0 Å². The molecule has 6 nitrogen and oxygen atoms in total. The van der Waals surface area contributed by atoms with Gasteiger partial charge in [-0.3, -0.25) is 4.72 Å². The molecule has 2 heterocycles. The SMILES string of the molecule is Cc1nc2ccc(NS(=O)(=O)c3cccnc3Cl)cc2[nH]1. The molecular weight excluding hydrogens is 312 g/mol. The number of halogens is 1. The lowest BCUT2D eigenvalue weighted by molar-refractivity contribution is 0.601. The van der Waals surface area contributed by atoms with Gasteiger partial charge in [0, 0.05) is 6.20 Å². The molecular formula is C13H11ClN4O2S. The molecule has 0 fully saturated rings. The number of anilines is 1. The number of rotatable bonds is 3. The van der Waals surface area contributed by atoms with Gasteiger partial charge in [0.05, 0.1) is 16.7 Å². The number of benzene rings is 1. The fourth-order valence-corrected chi connectivity index (χ4v) is 3.49. The summed E-state index contributed by atoms with van der Waals surface area (Å²) in [6.45, 7) is 1.83. The number of hydrogen-bond acceptors (Lipinski definition) is 4. The van der Waals surface area contributed by atoms with Crippen LogP contribution in [0, 0.1) is 6.92 Å². The molecule has 0 atom stereocenters. The molecule has 1 aromatic carbocycles. The van der Waals surface area contributed by atoms with Crippen molar-refractivity contribution < 1.29 is 8.42 Å². The van der Waals surface area contributed by atoms with E-state index in [4.69, 9.17) is 11.6 Å². The molecule has 2 aromatic heterocycles. The van der Waals surface area contributed by atoms with Crippen molar-refractivity contribution in [2.24, 2.45) is 0 Å². The van der Waals surface area contributed by atoms with Crippen LogP contribution in [0.2, 0.25) is 5.15 Å². The van der Waals surface area contributed by atoms with Gasteiger partial charge in [-0.15, -0.1) is 0 Å². The Kier molecular flexibility index (Phi) is 3.30. The molecule has 0 aliphatic heterocycles. The standard InChI is InChI=1S/C13H11ClN4O2S/c1-8-16-10-5-4-9(7-11(10)17-8)18-21(19,20)12-3-2-6-15-13(12)14/h2-7,18H,1H3,(H,16,17). The molecule has 3 aromatic rings. The Morgan fingerprint density at radius 3 is 2.86 bits per heavy atom. The van der Waals surface area contributed by atoms with E-state index in [1.165, 1.54) is 18.3 Å². The van der Waals surface area contributed by atoms with Gasteiger partial charge in [0.15, 0.2) is 0 Å². The smallest absolute Gasteiger partial charge is 0.264 e. The first-order valence-electron chi connectivity index (χ1n) is 6.05. The van der Waals surface area contributed by atoms with E-state index in [0.717, 1.165) is 16.9 Å². The normalized spacial score (nSPS) is 11.7. The number of hydrogen-bond donors (Lipinski definition) is 2. The number of aromatic amines is 1. The van der Waals surface area contributed by atoms with Gasteiger partial charge >= 0.3 is 0 Å². The summed E-state index contributed by atoms with van der Waals surface area (Å²) >= 11 is 5.83. The van der Waals surface area contributed by atoms with Gasteiger partial charge in [-0.2, -0.15) is 0 Å². The Morgan fingerprint density at radius 2 is 2.10 bits per heavy atom. The van der Waals surface area contributed by atoms with E-state index in [1.807, 2.05) is 6.92 Å². The number of pyridine rings is 1. The summed E-state index contributed by atoms with van der Waals surface area (Å²) in [5.74, 6) is 0.764. The van der Waals surface area contributed by atoms with Crippen LogP contribution in [0.3, 0.4) is 0 Å². The van der Waals surface area contributed by atoms with Crippen molar-refractivity contribution >= 4 is 38.3 Å². The average molecular weight is 323 g/mol. The second kappa shape index (κ2) is 5.01. The molecule has 2 N–H and O–H groups in total. The van der Waals surface area contributed by atoms with E-state index in [-0.39, 0.29) is 10.0 Å². The molecule has 0 saturated heterocycles. The largest absolute Gasteiger partial charge is 0.342 e. The maximum Gasteiger partial charge on any atom is 0.264 e. The summed E-state index contributed by atoms with van der Waals surface area (Å²) in [4.78, 5) is 11.0. The maximum atomic E-state index is 12.3. The maximum absolute atomic E-state index is 12.3. The number of nitrogens with one attached hydrogen (secondary N) is 2. The van der Waals surface area contributed by atoms with Crippen molar-refractivity contribution in [2.45, 2.75) is 11.8 Å². The van der Waals surface area contributed by atoms with E-state index in [0.29, 0.717) is 5.69 Å². The van der Waals surface area contributed by atoms with E-state index in [2.05, 4.69) is 19.7 Å². The number of fused-ring (bicyclic) bond motifs is 1. The van der Waals surface area contributed by atoms with E-state index in [1.54, 1.807) is 18.2 Å². The predicted molar refractivity (Wildman–Crippen MR) is 80.9 cm³/mol. The topological polar surface area (TPSA) is 87.7 Å². The van der Waals surface area contributed by atoms with Crippen LogP contribution in [0.5, 0.6) is 0 Å². The highest BCUT2D eigenvalue weighted by Gasteiger charge is 2.18. The number of nitrogens with zero attached hydrogens (tertiary/aromatic N) is 2. The first-order valence-corrected chi connectivity index (χ1v) is 7.91. The fourth-order valence-electron chi connectivity index (χ4n) is 1.98. The third-order valence-corrected chi connectivity index (χ3v) is 4.69. The van der Waals surface area contributed by atoms with Crippen molar-refractivity contribution in [2.75, 3.05) is 4.72 Å². The van der Waals surface area contributed by atoms with Crippen LogP contribution in [0.25, 0.3) is 11.0 Å².